The lowest BCUT2D eigenvalue weighted by molar-refractivity contribution is 0.102. The molecule has 0 unspecified atom stereocenters. The summed E-state index contributed by atoms with van der Waals surface area (Å²) in [4.78, 5) is 12.2. The van der Waals surface area contributed by atoms with Gasteiger partial charge in [-0.05, 0) is 18.2 Å². The van der Waals surface area contributed by atoms with Gasteiger partial charge in [0.15, 0.2) is 11.5 Å². The van der Waals surface area contributed by atoms with Crippen LogP contribution in [0, 0.1) is 11.3 Å². The quantitative estimate of drug-likeness (QED) is 0.628. The average molecular weight is 429 g/mol. The highest BCUT2D eigenvalue weighted by molar-refractivity contribution is 7.92. The van der Waals surface area contributed by atoms with Crippen molar-refractivity contribution in [1.82, 2.24) is 10.2 Å². The minimum atomic E-state index is -4.08. The number of nitrogens with zero attached hydrogens (tertiary/aromatic N) is 3. The van der Waals surface area contributed by atoms with Crippen LogP contribution in [-0.2, 0) is 10.0 Å². The highest BCUT2D eigenvalue weighted by Crippen LogP contribution is 2.37. The second-order valence-corrected chi connectivity index (χ2v) is 8.21. The Morgan fingerprint density at radius 1 is 1.21 bits per heavy atom. The van der Waals surface area contributed by atoms with Crippen molar-refractivity contribution in [1.29, 1.82) is 5.26 Å². The fourth-order valence-corrected chi connectivity index (χ4v) is 4.08. The van der Waals surface area contributed by atoms with E-state index in [2.05, 4.69) is 20.2 Å². The molecule has 3 aromatic rings. The van der Waals surface area contributed by atoms with Gasteiger partial charge < -0.3 is 9.47 Å². The van der Waals surface area contributed by atoms with Crippen molar-refractivity contribution in [3.8, 4) is 17.6 Å². The van der Waals surface area contributed by atoms with Crippen LogP contribution in [0.1, 0.15) is 15.9 Å². The third kappa shape index (κ3) is 3.82. The van der Waals surface area contributed by atoms with Crippen LogP contribution >= 0.6 is 11.3 Å². The second kappa shape index (κ2) is 7.38. The fourth-order valence-electron chi connectivity index (χ4n) is 2.52. The molecule has 146 valence electrons. The maximum atomic E-state index is 12.8. The van der Waals surface area contributed by atoms with Gasteiger partial charge in [-0.3, -0.25) is 14.8 Å². The number of carbonyl (C=O) groups excluding carboxylic acids is 1. The number of amides is 1. The molecule has 12 heteroatoms. The summed E-state index contributed by atoms with van der Waals surface area (Å²) in [5, 5.41) is 19.5. The first-order chi connectivity index (χ1) is 14.0. The Kier molecular flexibility index (Phi) is 4.75. The van der Waals surface area contributed by atoms with E-state index >= 15 is 0 Å². The number of sulfonamides is 1. The first-order valence-electron chi connectivity index (χ1n) is 8.00. The topological polar surface area (TPSA) is 143 Å². The molecular formula is C17H11N5O5S2. The molecular weight excluding hydrogens is 418 g/mol. The van der Waals surface area contributed by atoms with E-state index < -0.39 is 15.9 Å². The number of hydrogen-bond acceptors (Lipinski definition) is 9. The van der Waals surface area contributed by atoms with Gasteiger partial charge in [0.05, 0.1) is 16.1 Å². The predicted octanol–water partition coefficient (Wildman–Crippen LogP) is 2.19. The molecule has 29 heavy (non-hydrogen) atoms. The van der Waals surface area contributed by atoms with Crippen molar-refractivity contribution in [2.75, 3.05) is 16.8 Å². The normalized spacial score (nSPS) is 12.2. The molecule has 0 bridgehead atoms. The van der Waals surface area contributed by atoms with Gasteiger partial charge in [0.1, 0.15) is 11.6 Å². The van der Waals surface area contributed by atoms with E-state index in [1.165, 1.54) is 41.9 Å². The van der Waals surface area contributed by atoms with E-state index in [0.717, 1.165) is 11.3 Å². The summed E-state index contributed by atoms with van der Waals surface area (Å²) in [6.45, 7) is -0.0117. The molecule has 0 spiro atoms. The monoisotopic (exact) mass is 429 g/mol. The molecule has 1 aliphatic heterocycles. The molecule has 2 aromatic carbocycles. The lowest BCUT2D eigenvalue weighted by Gasteiger charge is -2.11. The summed E-state index contributed by atoms with van der Waals surface area (Å²) in [6, 6.07) is 10.2. The number of benzene rings is 2. The lowest BCUT2D eigenvalue weighted by atomic mass is 10.2. The van der Waals surface area contributed by atoms with Gasteiger partial charge in [-0.1, -0.05) is 17.4 Å². The molecule has 0 radical (unpaired) electrons. The third-order valence-corrected chi connectivity index (χ3v) is 5.83. The summed E-state index contributed by atoms with van der Waals surface area (Å²) in [5.74, 6) is 0.159. The number of aromatic nitrogens is 2. The highest BCUT2D eigenvalue weighted by atomic mass is 32.2. The zero-order valence-electron chi connectivity index (χ0n) is 14.4. The van der Waals surface area contributed by atoms with Crippen molar-refractivity contribution >= 4 is 38.1 Å². The minimum absolute atomic E-state index is 0.0117. The Morgan fingerprint density at radius 3 is 2.72 bits per heavy atom. The number of anilines is 2. The Labute approximate surface area is 168 Å². The van der Waals surface area contributed by atoms with Crippen LogP contribution < -0.4 is 19.5 Å². The van der Waals surface area contributed by atoms with Crippen molar-refractivity contribution in [2.45, 2.75) is 4.90 Å². The van der Waals surface area contributed by atoms with Gasteiger partial charge >= 0.3 is 0 Å². The summed E-state index contributed by atoms with van der Waals surface area (Å²) < 4.78 is 38.4. The molecule has 10 nitrogen and oxygen atoms in total. The number of fused-ring (bicyclic) bond motifs is 1. The Morgan fingerprint density at radius 2 is 2.00 bits per heavy atom. The van der Waals surface area contributed by atoms with Gasteiger partial charge in [-0.15, -0.1) is 10.2 Å². The van der Waals surface area contributed by atoms with Crippen LogP contribution in [0.25, 0.3) is 0 Å². The van der Waals surface area contributed by atoms with E-state index in [1.54, 1.807) is 0 Å². The van der Waals surface area contributed by atoms with Crippen LogP contribution in [-0.4, -0.2) is 31.3 Å². The summed E-state index contributed by atoms with van der Waals surface area (Å²) in [5.41, 5.74) is 1.69. The Bertz CT molecular complexity index is 1240. The van der Waals surface area contributed by atoms with E-state index in [9.17, 15) is 18.5 Å². The van der Waals surface area contributed by atoms with Crippen LogP contribution in [0.15, 0.2) is 46.8 Å². The van der Waals surface area contributed by atoms with Gasteiger partial charge in [-0.25, -0.2) is 8.42 Å². The smallest absolute Gasteiger partial charge is 0.261 e. The maximum Gasteiger partial charge on any atom is 0.261 e. The molecule has 1 amide bonds. The van der Waals surface area contributed by atoms with Gasteiger partial charge in [-0.2, -0.15) is 5.26 Å². The van der Waals surface area contributed by atoms with Crippen molar-refractivity contribution in [3.63, 3.8) is 0 Å². The zero-order valence-corrected chi connectivity index (χ0v) is 16.1. The lowest BCUT2D eigenvalue weighted by Crippen LogP contribution is -2.16. The molecule has 4 rings (SSSR count). The van der Waals surface area contributed by atoms with E-state index in [-0.39, 0.29) is 28.5 Å². The van der Waals surface area contributed by atoms with Crippen molar-refractivity contribution in [2.24, 2.45) is 0 Å². The highest BCUT2D eigenvalue weighted by Gasteiger charge is 2.22. The second-order valence-electron chi connectivity index (χ2n) is 5.69. The minimum Gasteiger partial charge on any atom is -0.454 e. The first-order valence-corrected chi connectivity index (χ1v) is 10.4. The van der Waals surface area contributed by atoms with Crippen LogP contribution in [0.5, 0.6) is 11.5 Å². The molecule has 0 saturated heterocycles. The van der Waals surface area contributed by atoms with Crippen LogP contribution in [0.2, 0.25) is 0 Å². The van der Waals surface area contributed by atoms with Gasteiger partial charge in [0.2, 0.25) is 11.9 Å². The molecule has 0 aliphatic carbocycles. The zero-order chi connectivity index (χ0) is 20.4. The molecule has 1 aliphatic rings. The van der Waals surface area contributed by atoms with E-state index in [0.29, 0.717) is 16.6 Å². The standard InChI is InChI=1S/C17H11N5O5S2/c18-7-11-5-14-15(27-9-26-14)6-13(11)22-29(24,25)12-3-1-2-10(4-12)16(23)20-17-21-19-8-28-17/h1-6,8,22H,9H2,(H,20,21,23). The van der Waals surface area contributed by atoms with Crippen LogP contribution in [0.3, 0.4) is 0 Å². The first kappa shape index (κ1) is 18.7. The number of rotatable bonds is 5. The molecule has 1 aromatic heterocycles. The fraction of sp³-hybridized carbons (Fsp3) is 0.0588. The van der Waals surface area contributed by atoms with Crippen LogP contribution in [0.4, 0.5) is 10.8 Å². The number of hydrogen-bond donors (Lipinski definition) is 2. The molecule has 0 saturated carbocycles. The number of nitriles is 1. The summed E-state index contributed by atoms with van der Waals surface area (Å²) in [6.07, 6.45) is 0. The molecule has 2 heterocycles. The third-order valence-electron chi connectivity index (χ3n) is 3.86. The predicted molar refractivity (Wildman–Crippen MR) is 102 cm³/mol. The maximum absolute atomic E-state index is 12.8. The van der Waals surface area contributed by atoms with E-state index in [4.69, 9.17) is 9.47 Å². The average Bonchev–Trinajstić information content (AvgIpc) is 3.38. The number of ether oxygens (including phenoxy) is 2. The van der Waals surface area contributed by atoms with Crippen molar-refractivity contribution in [3.05, 3.63) is 53.0 Å². The number of nitrogens with one attached hydrogen (secondary N) is 2. The molecule has 0 fully saturated rings. The van der Waals surface area contributed by atoms with Crippen molar-refractivity contribution < 1.29 is 22.7 Å². The van der Waals surface area contributed by atoms with E-state index in [1.807, 2.05) is 6.07 Å². The summed E-state index contributed by atoms with van der Waals surface area (Å²) >= 11 is 1.13. The molecule has 2 N–H and O–H groups in total. The molecule has 0 atom stereocenters. The van der Waals surface area contributed by atoms with Gasteiger partial charge in [0, 0.05) is 17.7 Å². The summed E-state index contributed by atoms with van der Waals surface area (Å²) in [7, 11) is -4.08. The Balaban J connectivity index is 1.61. The largest absolute Gasteiger partial charge is 0.454 e. The Hall–Kier alpha value is -3.69. The SMILES string of the molecule is N#Cc1cc2c(cc1NS(=O)(=O)c1cccc(C(=O)Nc3nncs3)c1)OCO2. The van der Waals surface area contributed by atoms with Gasteiger partial charge in [0.25, 0.3) is 15.9 Å². The number of carbonyl (C=O) groups is 1.